The number of alkyl halides is 3. The molecule has 0 saturated heterocycles. The fourth-order valence-electron chi connectivity index (χ4n) is 3.22. The summed E-state index contributed by atoms with van der Waals surface area (Å²) in [6.45, 7) is 5.36. The summed E-state index contributed by atoms with van der Waals surface area (Å²) in [7, 11) is 0. The molecule has 16 heteroatoms. The molecule has 0 aliphatic rings. The van der Waals surface area contributed by atoms with Crippen LogP contribution >= 0.6 is 0 Å². The second kappa shape index (κ2) is 14.3. The van der Waals surface area contributed by atoms with Gasteiger partial charge in [0, 0.05) is 24.1 Å². The summed E-state index contributed by atoms with van der Waals surface area (Å²) >= 11 is 0. The maximum Gasteiger partial charge on any atom is 0.490 e. The van der Waals surface area contributed by atoms with Crippen LogP contribution in [0.2, 0.25) is 0 Å². The fourth-order valence-corrected chi connectivity index (χ4v) is 3.22. The van der Waals surface area contributed by atoms with Crippen LogP contribution in [0.1, 0.15) is 35.5 Å². The van der Waals surface area contributed by atoms with Gasteiger partial charge >= 0.3 is 18.2 Å². The van der Waals surface area contributed by atoms with Gasteiger partial charge < -0.3 is 21.5 Å². The van der Waals surface area contributed by atoms with E-state index in [1.165, 1.54) is 10.8 Å². The third-order valence-corrected chi connectivity index (χ3v) is 5.43. The topological polar surface area (TPSA) is 193 Å². The predicted octanol–water partition coefficient (Wildman–Crippen LogP) is 2.17. The Hall–Kier alpha value is -5.15. The zero-order chi connectivity index (χ0) is 30.7. The molecule has 0 spiro atoms. The third kappa shape index (κ3) is 10.2. The second-order valence-electron chi connectivity index (χ2n) is 8.56. The third-order valence-electron chi connectivity index (χ3n) is 5.43. The number of rotatable bonds is 8. The number of carboxylic acids is 1. The average Bonchev–Trinajstić information content (AvgIpc) is 2.90. The molecule has 0 fully saturated rings. The van der Waals surface area contributed by atoms with Crippen molar-refractivity contribution >= 4 is 29.5 Å². The van der Waals surface area contributed by atoms with Crippen molar-refractivity contribution < 1.29 is 32.7 Å². The Kier molecular flexibility index (Phi) is 11.2. The van der Waals surface area contributed by atoms with Crippen LogP contribution in [-0.4, -0.2) is 43.7 Å². The minimum Gasteiger partial charge on any atom is -0.475 e. The number of urea groups is 1. The van der Waals surface area contributed by atoms with Crippen LogP contribution in [0.25, 0.3) is 0 Å². The van der Waals surface area contributed by atoms with E-state index in [2.05, 4.69) is 31.5 Å². The normalized spacial score (nSPS) is 11.4. The van der Waals surface area contributed by atoms with Gasteiger partial charge in [-0.3, -0.25) is 25.0 Å². The number of halogens is 3. The summed E-state index contributed by atoms with van der Waals surface area (Å²) in [5.74, 6) is -2.82. The van der Waals surface area contributed by atoms with Gasteiger partial charge in [0.1, 0.15) is 12.4 Å². The van der Waals surface area contributed by atoms with E-state index in [1.54, 1.807) is 26.0 Å². The lowest BCUT2D eigenvalue weighted by atomic mass is 10.1. The molecule has 7 N–H and O–H groups in total. The number of carboxylic acid groups (broad SMARTS) is 1. The molecule has 0 saturated carbocycles. The molecule has 0 aliphatic carbocycles. The number of nitrogens with one attached hydrogen (secondary N) is 4. The molecule has 0 radical (unpaired) electrons. The van der Waals surface area contributed by atoms with Gasteiger partial charge in [0.05, 0.1) is 6.04 Å². The van der Waals surface area contributed by atoms with E-state index in [0.29, 0.717) is 11.5 Å². The number of pyridine rings is 1. The molecule has 1 aromatic carbocycles. The standard InChI is InChI=1S/C23H28N8O3.C2HF3O2/c1-14-11-26-21(29-30-23(34)28-15(2)17-7-5-4-6-8-17)22(33)31(14)13-20(32)25-12-18-9-10-19(24)27-16(18)3;3-2(4,5)1(6)7/h4-11,15H,12-13H2,1-3H3,(H2,24,27)(H,25,32)(H,26,29)(H2,28,30,34);(H,6,7)/t15-;/m1./s1. The van der Waals surface area contributed by atoms with Crippen molar-refractivity contribution in [3.05, 3.63) is 81.5 Å². The summed E-state index contributed by atoms with van der Waals surface area (Å²) in [5, 5.41) is 12.7. The van der Waals surface area contributed by atoms with Gasteiger partial charge in [-0.1, -0.05) is 36.4 Å². The number of hydrogen-bond acceptors (Lipinski definition) is 8. The quantitative estimate of drug-likeness (QED) is 0.217. The van der Waals surface area contributed by atoms with E-state index in [1.807, 2.05) is 37.3 Å². The maximum atomic E-state index is 12.8. The summed E-state index contributed by atoms with van der Waals surface area (Å²) in [5.41, 5.74) is 13.0. The number of hydrogen-bond donors (Lipinski definition) is 6. The Bertz CT molecular complexity index is 1430. The molecule has 1 atom stereocenters. The lowest BCUT2D eigenvalue weighted by Gasteiger charge is -2.16. The number of hydrazine groups is 1. The van der Waals surface area contributed by atoms with E-state index in [9.17, 15) is 27.6 Å². The lowest BCUT2D eigenvalue weighted by Crippen LogP contribution is -2.42. The molecule has 41 heavy (non-hydrogen) atoms. The van der Waals surface area contributed by atoms with Gasteiger partial charge in [-0.25, -0.2) is 19.6 Å². The Morgan fingerprint density at radius 3 is 2.32 bits per heavy atom. The summed E-state index contributed by atoms with van der Waals surface area (Å²) in [6.07, 6.45) is -3.64. The molecule has 0 aliphatic heterocycles. The van der Waals surface area contributed by atoms with Crippen LogP contribution in [-0.2, 0) is 22.7 Å². The first-order valence-electron chi connectivity index (χ1n) is 11.9. The molecule has 3 aromatic rings. The molecular formula is C25H29F3N8O5. The number of amides is 3. The van der Waals surface area contributed by atoms with Gasteiger partial charge in [0.15, 0.2) is 0 Å². The zero-order valence-corrected chi connectivity index (χ0v) is 22.2. The number of aromatic nitrogens is 3. The van der Waals surface area contributed by atoms with Crippen molar-refractivity contribution in [2.45, 2.75) is 46.1 Å². The smallest absolute Gasteiger partial charge is 0.475 e. The van der Waals surface area contributed by atoms with E-state index < -0.39 is 23.7 Å². The minimum atomic E-state index is -5.08. The van der Waals surface area contributed by atoms with Crippen molar-refractivity contribution in [3.8, 4) is 0 Å². The lowest BCUT2D eigenvalue weighted by molar-refractivity contribution is -0.192. The first-order valence-corrected chi connectivity index (χ1v) is 11.9. The van der Waals surface area contributed by atoms with Crippen molar-refractivity contribution in [1.29, 1.82) is 0 Å². The Morgan fingerprint density at radius 2 is 1.73 bits per heavy atom. The number of nitrogens with two attached hydrogens (primary N) is 1. The van der Waals surface area contributed by atoms with Crippen LogP contribution < -0.4 is 32.8 Å². The minimum absolute atomic E-state index is 0.112. The number of aryl methyl sites for hydroxylation is 2. The van der Waals surface area contributed by atoms with Crippen LogP contribution in [0, 0.1) is 13.8 Å². The van der Waals surface area contributed by atoms with Gasteiger partial charge in [-0.05, 0) is 38.0 Å². The number of carbonyl (C=O) groups excluding carboxylic acids is 2. The van der Waals surface area contributed by atoms with Crippen molar-refractivity contribution in [1.82, 2.24) is 30.6 Å². The van der Waals surface area contributed by atoms with Gasteiger partial charge in [-0.2, -0.15) is 13.2 Å². The number of benzene rings is 1. The monoisotopic (exact) mass is 578 g/mol. The first kappa shape index (κ1) is 32.1. The highest BCUT2D eigenvalue weighted by Crippen LogP contribution is 2.13. The molecule has 3 amide bonds. The largest absolute Gasteiger partial charge is 0.490 e. The molecule has 0 bridgehead atoms. The summed E-state index contributed by atoms with van der Waals surface area (Å²) < 4.78 is 33.0. The second-order valence-corrected chi connectivity index (χ2v) is 8.56. The molecule has 3 rings (SSSR count). The average molecular weight is 579 g/mol. The highest BCUT2D eigenvalue weighted by Gasteiger charge is 2.38. The predicted molar refractivity (Wildman–Crippen MR) is 142 cm³/mol. The van der Waals surface area contributed by atoms with E-state index in [0.717, 1.165) is 16.8 Å². The number of anilines is 2. The molecule has 2 heterocycles. The number of carbonyl (C=O) groups is 3. The maximum absolute atomic E-state index is 12.8. The zero-order valence-electron chi connectivity index (χ0n) is 22.2. The highest BCUT2D eigenvalue weighted by molar-refractivity contribution is 5.76. The fraction of sp³-hybridized carbons (Fsp3) is 0.280. The molecule has 13 nitrogen and oxygen atoms in total. The highest BCUT2D eigenvalue weighted by atomic mass is 19.4. The van der Waals surface area contributed by atoms with Crippen molar-refractivity contribution in [3.63, 3.8) is 0 Å². The van der Waals surface area contributed by atoms with Crippen molar-refractivity contribution in [2.75, 3.05) is 11.2 Å². The Balaban J connectivity index is 0.000000745. The van der Waals surface area contributed by atoms with E-state index in [-0.39, 0.29) is 30.9 Å². The number of nitrogen functional groups attached to an aromatic ring is 1. The Morgan fingerprint density at radius 1 is 1.10 bits per heavy atom. The van der Waals surface area contributed by atoms with Crippen LogP contribution in [0.4, 0.5) is 29.6 Å². The summed E-state index contributed by atoms with van der Waals surface area (Å²) in [4.78, 5) is 54.6. The van der Waals surface area contributed by atoms with Gasteiger partial charge in [-0.15, -0.1) is 0 Å². The SMILES string of the molecule is Cc1nc(N)ccc1CNC(=O)Cn1c(C)cnc(NNC(=O)N[C@H](C)c2ccccc2)c1=O.O=C(O)C(F)(F)F. The molecule has 0 unspecified atom stereocenters. The number of aliphatic carboxylic acids is 1. The van der Waals surface area contributed by atoms with E-state index in [4.69, 9.17) is 15.6 Å². The molecule has 220 valence electrons. The van der Waals surface area contributed by atoms with Crippen LogP contribution in [0.5, 0.6) is 0 Å². The number of nitrogens with zero attached hydrogens (tertiary/aromatic N) is 3. The molecule has 2 aromatic heterocycles. The van der Waals surface area contributed by atoms with Gasteiger partial charge in [0.2, 0.25) is 11.7 Å². The van der Waals surface area contributed by atoms with Crippen LogP contribution in [0.3, 0.4) is 0 Å². The Labute approximate surface area is 232 Å². The molecular weight excluding hydrogens is 549 g/mol. The summed E-state index contributed by atoms with van der Waals surface area (Å²) in [6, 6.07) is 12.1. The first-order chi connectivity index (χ1) is 19.2. The van der Waals surface area contributed by atoms with Crippen LogP contribution in [0.15, 0.2) is 53.5 Å². The van der Waals surface area contributed by atoms with E-state index >= 15 is 0 Å². The van der Waals surface area contributed by atoms with Gasteiger partial charge in [0.25, 0.3) is 5.56 Å². The van der Waals surface area contributed by atoms with Crippen molar-refractivity contribution in [2.24, 2.45) is 0 Å².